The molecule has 2 atom stereocenters. The third kappa shape index (κ3) is 3.95. The smallest absolute Gasteiger partial charge is 0.227 e. The van der Waals surface area contributed by atoms with E-state index < -0.39 is 11.8 Å². The third-order valence-electron chi connectivity index (χ3n) is 4.61. The van der Waals surface area contributed by atoms with Crippen LogP contribution < -0.4 is 10.5 Å². The number of primary amides is 1. The molecule has 0 spiro atoms. The summed E-state index contributed by atoms with van der Waals surface area (Å²) in [5.74, 6) is -1.23. The number of aromatic nitrogens is 2. The van der Waals surface area contributed by atoms with Crippen LogP contribution in [0.3, 0.4) is 0 Å². The number of rotatable bonds is 6. The van der Waals surface area contributed by atoms with E-state index in [4.69, 9.17) is 10.5 Å². The van der Waals surface area contributed by atoms with Crippen molar-refractivity contribution in [3.05, 3.63) is 78.1 Å². The van der Waals surface area contributed by atoms with Crippen molar-refractivity contribution >= 4 is 5.91 Å². The van der Waals surface area contributed by atoms with Gasteiger partial charge in [-0.15, -0.1) is 0 Å². The number of hydrogen-bond acceptors (Lipinski definition) is 4. The van der Waals surface area contributed by atoms with E-state index in [1.54, 1.807) is 36.8 Å². The number of nitrogens with zero attached hydrogens (tertiary/aromatic N) is 2. The molecule has 0 fully saturated rings. The van der Waals surface area contributed by atoms with Gasteiger partial charge in [0, 0.05) is 30.2 Å². The maximum Gasteiger partial charge on any atom is 0.227 e. The van der Waals surface area contributed by atoms with Gasteiger partial charge in [-0.3, -0.25) is 14.8 Å². The van der Waals surface area contributed by atoms with Gasteiger partial charge in [0.1, 0.15) is 11.6 Å². The van der Waals surface area contributed by atoms with Crippen LogP contribution in [0.5, 0.6) is 5.75 Å². The molecule has 0 aliphatic carbocycles. The number of nitrogens with two attached hydrogens (primary N) is 1. The van der Waals surface area contributed by atoms with Crippen molar-refractivity contribution in [2.45, 2.75) is 18.8 Å². The van der Waals surface area contributed by atoms with Crippen molar-refractivity contribution in [3.63, 3.8) is 0 Å². The molecule has 138 valence electrons. The number of methoxy groups -OCH3 is 1. The summed E-state index contributed by atoms with van der Waals surface area (Å²) >= 11 is 0. The lowest BCUT2D eigenvalue weighted by Crippen LogP contribution is -2.26. The van der Waals surface area contributed by atoms with Crippen LogP contribution in [0.25, 0.3) is 11.1 Å². The summed E-state index contributed by atoms with van der Waals surface area (Å²) in [7, 11) is 1.48. The highest BCUT2D eigenvalue weighted by Crippen LogP contribution is 2.35. The molecule has 0 aliphatic rings. The molecule has 2 heterocycles. The Balaban J connectivity index is 2.04. The van der Waals surface area contributed by atoms with Gasteiger partial charge < -0.3 is 10.5 Å². The van der Waals surface area contributed by atoms with E-state index in [0.717, 1.165) is 11.1 Å². The molecule has 1 amide bonds. The number of amides is 1. The normalized spacial score (nSPS) is 13.0. The van der Waals surface area contributed by atoms with Crippen LogP contribution in [-0.2, 0) is 4.79 Å². The first kappa shape index (κ1) is 18.5. The summed E-state index contributed by atoms with van der Waals surface area (Å²) < 4.78 is 18.8. The molecular weight excluding hydrogens is 345 g/mol. The van der Waals surface area contributed by atoms with Gasteiger partial charge in [0.25, 0.3) is 0 Å². The molecule has 2 N–H and O–H groups in total. The SMILES string of the molecule is COc1cc(F)ccc1-c1ccnc(C(C(N)=O)C(C)c2ccncc2)c1. The van der Waals surface area contributed by atoms with Gasteiger partial charge in [-0.1, -0.05) is 6.92 Å². The average molecular weight is 365 g/mol. The largest absolute Gasteiger partial charge is 0.496 e. The Morgan fingerprint density at radius 2 is 1.85 bits per heavy atom. The number of carbonyl (C=O) groups excluding carboxylic acids is 1. The second-order valence-electron chi connectivity index (χ2n) is 6.26. The number of hydrogen-bond donors (Lipinski definition) is 1. The standard InChI is InChI=1S/C21H20FN3O2/c1-13(14-5-8-24-9-6-14)20(21(23)26)18-11-15(7-10-25-18)17-4-3-16(22)12-19(17)27-2/h3-13,20H,1-2H3,(H2,23,26). The molecule has 0 aliphatic heterocycles. The summed E-state index contributed by atoms with van der Waals surface area (Å²) in [6.45, 7) is 1.93. The Kier molecular flexibility index (Phi) is 5.45. The molecule has 3 rings (SSSR count). The Bertz CT molecular complexity index is 947. The average Bonchev–Trinajstić information content (AvgIpc) is 2.68. The molecule has 0 saturated carbocycles. The molecule has 1 aromatic carbocycles. The quantitative estimate of drug-likeness (QED) is 0.723. The third-order valence-corrected chi connectivity index (χ3v) is 4.61. The van der Waals surface area contributed by atoms with Crippen LogP contribution in [0.15, 0.2) is 61.1 Å². The predicted molar refractivity (Wildman–Crippen MR) is 101 cm³/mol. The van der Waals surface area contributed by atoms with Gasteiger partial charge >= 0.3 is 0 Å². The highest BCUT2D eigenvalue weighted by Gasteiger charge is 2.28. The van der Waals surface area contributed by atoms with Crippen LogP contribution in [0, 0.1) is 5.82 Å². The Morgan fingerprint density at radius 3 is 2.52 bits per heavy atom. The molecule has 0 saturated heterocycles. The second-order valence-corrected chi connectivity index (χ2v) is 6.26. The maximum absolute atomic E-state index is 13.5. The zero-order valence-corrected chi connectivity index (χ0v) is 15.1. The molecule has 2 unspecified atom stereocenters. The number of benzene rings is 1. The minimum atomic E-state index is -0.612. The van der Waals surface area contributed by atoms with E-state index in [1.165, 1.54) is 19.2 Å². The number of pyridine rings is 2. The summed E-state index contributed by atoms with van der Waals surface area (Å²) in [4.78, 5) is 20.6. The van der Waals surface area contributed by atoms with Crippen LogP contribution in [0.2, 0.25) is 0 Å². The van der Waals surface area contributed by atoms with Crippen molar-refractivity contribution in [1.29, 1.82) is 0 Å². The molecule has 0 radical (unpaired) electrons. The van der Waals surface area contributed by atoms with E-state index in [0.29, 0.717) is 17.0 Å². The number of halogens is 1. The van der Waals surface area contributed by atoms with Crippen molar-refractivity contribution < 1.29 is 13.9 Å². The minimum absolute atomic E-state index is 0.177. The summed E-state index contributed by atoms with van der Waals surface area (Å²) in [5.41, 5.74) is 8.68. The highest BCUT2D eigenvalue weighted by atomic mass is 19.1. The Hall–Kier alpha value is -3.28. The van der Waals surface area contributed by atoms with Gasteiger partial charge in [0.2, 0.25) is 5.91 Å². The summed E-state index contributed by atoms with van der Waals surface area (Å²) in [6, 6.07) is 11.6. The lowest BCUT2D eigenvalue weighted by Gasteiger charge is -2.21. The van der Waals surface area contributed by atoms with Crippen LogP contribution in [-0.4, -0.2) is 23.0 Å². The van der Waals surface area contributed by atoms with Crippen molar-refractivity contribution in [2.24, 2.45) is 5.73 Å². The van der Waals surface area contributed by atoms with Gasteiger partial charge in [-0.25, -0.2) is 4.39 Å². The summed E-state index contributed by atoms with van der Waals surface area (Å²) in [6.07, 6.45) is 4.97. The lowest BCUT2D eigenvalue weighted by molar-refractivity contribution is -0.119. The van der Waals surface area contributed by atoms with Crippen molar-refractivity contribution in [3.8, 4) is 16.9 Å². The molecule has 3 aromatic rings. The molecule has 6 heteroatoms. The Labute approximate surface area is 157 Å². The van der Waals surface area contributed by atoms with E-state index in [9.17, 15) is 9.18 Å². The predicted octanol–water partition coefficient (Wildman–Crippen LogP) is 3.66. The monoisotopic (exact) mass is 365 g/mol. The fraction of sp³-hybridized carbons (Fsp3) is 0.190. The van der Waals surface area contributed by atoms with Gasteiger partial charge in [0.05, 0.1) is 18.7 Å². The molecule has 2 aromatic heterocycles. The number of ether oxygens (including phenoxy) is 1. The first-order valence-electron chi connectivity index (χ1n) is 8.50. The van der Waals surface area contributed by atoms with E-state index in [2.05, 4.69) is 9.97 Å². The van der Waals surface area contributed by atoms with Gasteiger partial charge in [-0.2, -0.15) is 0 Å². The fourth-order valence-corrected chi connectivity index (χ4v) is 3.20. The number of carbonyl (C=O) groups is 1. The minimum Gasteiger partial charge on any atom is -0.496 e. The molecule has 5 nitrogen and oxygen atoms in total. The maximum atomic E-state index is 13.5. The van der Waals surface area contributed by atoms with Crippen molar-refractivity contribution in [2.75, 3.05) is 7.11 Å². The fourth-order valence-electron chi connectivity index (χ4n) is 3.20. The van der Waals surface area contributed by atoms with Gasteiger partial charge in [0.15, 0.2) is 0 Å². The Morgan fingerprint density at radius 1 is 1.11 bits per heavy atom. The highest BCUT2D eigenvalue weighted by molar-refractivity contribution is 5.83. The van der Waals surface area contributed by atoms with E-state index in [1.807, 2.05) is 19.1 Å². The first-order chi connectivity index (χ1) is 13.0. The topological polar surface area (TPSA) is 78.1 Å². The van der Waals surface area contributed by atoms with E-state index >= 15 is 0 Å². The van der Waals surface area contributed by atoms with Crippen LogP contribution >= 0.6 is 0 Å². The lowest BCUT2D eigenvalue weighted by atomic mass is 9.84. The molecule has 0 bridgehead atoms. The van der Waals surface area contributed by atoms with Crippen LogP contribution in [0.4, 0.5) is 4.39 Å². The van der Waals surface area contributed by atoms with Crippen molar-refractivity contribution in [1.82, 2.24) is 9.97 Å². The zero-order chi connectivity index (χ0) is 19.4. The second kappa shape index (κ2) is 7.95. The summed E-state index contributed by atoms with van der Waals surface area (Å²) in [5, 5.41) is 0. The zero-order valence-electron chi connectivity index (χ0n) is 15.1. The van der Waals surface area contributed by atoms with Crippen LogP contribution in [0.1, 0.15) is 30.0 Å². The van der Waals surface area contributed by atoms with E-state index in [-0.39, 0.29) is 11.7 Å². The molecular formula is C21H20FN3O2. The molecule has 27 heavy (non-hydrogen) atoms. The van der Waals surface area contributed by atoms with Gasteiger partial charge in [-0.05, 0) is 53.4 Å². The first-order valence-corrected chi connectivity index (χ1v) is 8.50.